The van der Waals surface area contributed by atoms with Crippen LogP contribution < -0.4 is 10.6 Å². The van der Waals surface area contributed by atoms with E-state index in [4.69, 9.17) is 34.8 Å². The molecule has 126 valence electrons. The maximum Gasteiger partial charge on any atom is 0.252 e. The summed E-state index contributed by atoms with van der Waals surface area (Å²) >= 11 is 17.7. The third-order valence-electron chi connectivity index (χ3n) is 3.20. The first-order valence-electron chi connectivity index (χ1n) is 7.20. The molecule has 2 rings (SSSR count). The van der Waals surface area contributed by atoms with Crippen LogP contribution in [0.4, 0.5) is 0 Å². The van der Waals surface area contributed by atoms with E-state index >= 15 is 0 Å². The SMILES string of the molecule is O=C(Cc1ccc(Cl)c(Cl)c1)NCCNC(=O)c1ccccc1Cl. The lowest BCUT2D eigenvalue weighted by Crippen LogP contribution is -2.35. The van der Waals surface area contributed by atoms with E-state index in [1.54, 1.807) is 42.5 Å². The Morgan fingerprint density at radius 2 is 1.54 bits per heavy atom. The van der Waals surface area contributed by atoms with Crippen molar-refractivity contribution in [1.29, 1.82) is 0 Å². The maximum atomic E-state index is 11.9. The zero-order chi connectivity index (χ0) is 17.5. The van der Waals surface area contributed by atoms with E-state index in [0.29, 0.717) is 33.7 Å². The minimum Gasteiger partial charge on any atom is -0.354 e. The molecule has 2 aromatic carbocycles. The van der Waals surface area contributed by atoms with Crippen LogP contribution in [0.3, 0.4) is 0 Å². The van der Waals surface area contributed by atoms with E-state index in [2.05, 4.69) is 10.6 Å². The van der Waals surface area contributed by atoms with E-state index in [0.717, 1.165) is 5.56 Å². The first-order valence-corrected chi connectivity index (χ1v) is 8.34. The number of halogens is 3. The number of rotatable bonds is 6. The van der Waals surface area contributed by atoms with Gasteiger partial charge < -0.3 is 10.6 Å². The Labute approximate surface area is 155 Å². The summed E-state index contributed by atoms with van der Waals surface area (Å²) in [4.78, 5) is 23.8. The van der Waals surface area contributed by atoms with Crippen LogP contribution in [0.1, 0.15) is 15.9 Å². The van der Waals surface area contributed by atoms with Gasteiger partial charge >= 0.3 is 0 Å². The summed E-state index contributed by atoms with van der Waals surface area (Å²) in [5.74, 6) is -0.445. The summed E-state index contributed by atoms with van der Waals surface area (Å²) in [6.07, 6.45) is 0.190. The second kappa shape index (κ2) is 8.92. The quantitative estimate of drug-likeness (QED) is 0.744. The van der Waals surface area contributed by atoms with Gasteiger partial charge in [-0.3, -0.25) is 9.59 Å². The van der Waals surface area contributed by atoms with Crippen LogP contribution >= 0.6 is 34.8 Å². The Kier molecular flexibility index (Phi) is 6.91. The van der Waals surface area contributed by atoms with Crippen LogP contribution in [-0.4, -0.2) is 24.9 Å². The van der Waals surface area contributed by atoms with E-state index in [1.165, 1.54) is 0 Å². The third-order valence-corrected chi connectivity index (χ3v) is 4.27. The van der Waals surface area contributed by atoms with Gasteiger partial charge in [0.2, 0.25) is 5.91 Å². The fourth-order valence-electron chi connectivity index (χ4n) is 2.02. The summed E-state index contributed by atoms with van der Waals surface area (Å²) in [7, 11) is 0. The Morgan fingerprint density at radius 3 is 2.25 bits per heavy atom. The van der Waals surface area contributed by atoms with E-state index in [1.807, 2.05) is 0 Å². The fraction of sp³-hybridized carbons (Fsp3) is 0.176. The molecule has 4 nitrogen and oxygen atoms in total. The molecule has 2 N–H and O–H groups in total. The molecule has 2 amide bonds. The molecular formula is C17H15Cl3N2O2. The van der Waals surface area contributed by atoms with Crippen molar-refractivity contribution >= 4 is 46.6 Å². The Balaban J connectivity index is 1.74. The Hall–Kier alpha value is -1.75. The van der Waals surface area contributed by atoms with Gasteiger partial charge in [0.1, 0.15) is 0 Å². The number of nitrogens with one attached hydrogen (secondary N) is 2. The highest BCUT2D eigenvalue weighted by Crippen LogP contribution is 2.22. The lowest BCUT2D eigenvalue weighted by atomic mass is 10.1. The molecule has 0 aromatic heterocycles. The standard InChI is InChI=1S/C17H15Cl3N2O2/c18-13-4-2-1-3-12(13)17(24)22-8-7-21-16(23)10-11-5-6-14(19)15(20)9-11/h1-6,9H,7-8,10H2,(H,21,23)(H,22,24). The van der Waals surface area contributed by atoms with Gasteiger partial charge in [0.25, 0.3) is 5.91 Å². The highest BCUT2D eigenvalue weighted by Gasteiger charge is 2.09. The van der Waals surface area contributed by atoms with Crippen molar-refractivity contribution in [3.05, 3.63) is 68.7 Å². The van der Waals surface area contributed by atoms with Gasteiger partial charge in [0, 0.05) is 13.1 Å². The molecule has 0 unspecified atom stereocenters. The zero-order valence-corrected chi connectivity index (χ0v) is 14.9. The molecule has 0 saturated heterocycles. The van der Waals surface area contributed by atoms with Gasteiger partial charge in [-0.1, -0.05) is 53.0 Å². The predicted octanol–water partition coefficient (Wildman–Crippen LogP) is 3.74. The number of benzene rings is 2. The summed E-state index contributed by atoms with van der Waals surface area (Å²) in [6, 6.07) is 11.8. The van der Waals surface area contributed by atoms with Gasteiger partial charge in [-0.05, 0) is 29.8 Å². The van der Waals surface area contributed by atoms with Crippen LogP contribution in [0.5, 0.6) is 0 Å². The Morgan fingerprint density at radius 1 is 0.833 bits per heavy atom. The zero-order valence-electron chi connectivity index (χ0n) is 12.6. The number of carbonyl (C=O) groups excluding carboxylic acids is 2. The number of amides is 2. The highest BCUT2D eigenvalue weighted by atomic mass is 35.5. The highest BCUT2D eigenvalue weighted by molar-refractivity contribution is 6.42. The molecule has 0 heterocycles. The van der Waals surface area contributed by atoms with Crippen molar-refractivity contribution in [3.63, 3.8) is 0 Å². The van der Waals surface area contributed by atoms with E-state index < -0.39 is 0 Å². The molecule has 0 radical (unpaired) electrons. The molecule has 0 aliphatic heterocycles. The lowest BCUT2D eigenvalue weighted by molar-refractivity contribution is -0.120. The van der Waals surface area contributed by atoms with Gasteiger partial charge in [0.05, 0.1) is 27.1 Å². The second-order valence-corrected chi connectivity index (χ2v) is 6.23. The summed E-state index contributed by atoms with van der Waals surface area (Å²) in [6.45, 7) is 0.619. The maximum absolute atomic E-state index is 11.9. The average Bonchev–Trinajstić information content (AvgIpc) is 2.55. The summed E-state index contributed by atoms with van der Waals surface area (Å²) in [5.41, 5.74) is 1.17. The van der Waals surface area contributed by atoms with E-state index in [-0.39, 0.29) is 18.2 Å². The molecule has 0 fully saturated rings. The fourth-order valence-corrected chi connectivity index (χ4v) is 2.56. The smallest absolute Gasteiger partial charge is 0.252 e. The van der Waals surface area contributed by atoms with Crippen LogP contribution in [-0.2, 0) is 11.2 Å². The molecule has 0 bridgehead atoms. The molecule has 0 saturated carbocycles. The van der Waals surface area contributed by atoms with Crippen molar-refractivity contribution in [3.8, 4) is 0 Å². The average molecular weight is 386 g/mol. The predicted molar refractivity (Wildman–Crippen MR) is 97.0 cm³/mol. The van der Waals surface area contributed by atoms with Crippen molar-refractivity contribution in [1.82, 2.24) is 10.6 Å². The lowest BCUT2D eigenvalue weighted by Gasteiger charge is -2.08. The van der Waals surface area contributed by atoms with Crippen LogP contribution in [0.15, 0.2) is 42.5 Å². The van der Waals surface area contributed by atoms with E-state index in [9.17, 15) is 9.59 Å². The summed E-state index contributed by atoms with van der Waals surface area (Å²) < 4.78 is 0. The molecule has 0 spiro atoms. The van der Waals surface area contributed by atoms with Crippen LogP contribution in [0.25, 0.3) is 0 Å². The molecule has 0 aliphatic carbocycles. The van der Waals surface area contributed by atoms with Crippen LogP contribution in [0.2, 0.25) is 15.1 Å². The second-order valence-electron chi connectivity index (χ2n) is 5.01. The molecular weight excluding hydrogens is 371 g/mol. The third kappa shape index (κ3) is 5.41. The first kappa shape index (κ1) is 18.6. The van der Waals surface area contributed by atoms with Crippen molar-refractivity contribution in [2.24, 2.45) is 0 Å². The topological polar surface area (TPSA) is 58.2 Å². The number of hydrogen-bond acceptors (Lipinski definition) is 2. The molecule has 24 heavy (non-hydrogen) atoms. The van der Waals surface area contributed by atoms with Gasteiger partial charge in [-0.2, -0.15) is 0 Å². The number of carbonyl (C=O) groups is 2. The molecule has 2 aromatic rings. The Bertz CT molecular complexity index is 750. The van der Waals surface area contributed by atoms with Crippen molar-refractivity contribution < 1.29 is 9.59 Å². The summed E-state index contributed by atoms with van der Waals surface area (Å²) in [5, 5.41) is 6.67. The van der Waals surface area contributed by atoms with Crippen molar-refractivity contribution in [2.45, 2.75) is 6.42 Å². The number of hydrogen-bond donors (Lipinski definition) is 2. The van der Waals surface area contributed by atoms with Crippen molar-refractivity contribution in [2.75, 3.05) is 13.1 Å². The largest absolute Gasteiger partial charge is 0.354 e. The molecule has 7 heteroatoms. The minimum atomic E-state index is -0.278. The van der Waals surface area contributed by atoms with Gasteiger partial charge in [-0.25, -0.2) is 0 Å². The minimum absolute atomic E-state index is 0.166. The van der Waals surface area contributed by atoms with Gasteiger partial charge in [0.15, 0.2) is 0 Å². The normalized spacial score (nSPS) is 10.3. The monoisotopic (exact) mass is 384 g/mol. The van der Waals surface area contributed by atoms with Crippen LogP contribution in [0, 0.1) is 0 Å². The molecule has 0 atom stereocenters. The molecule has 0 aliphatic rings. The first-order chi connectivity index (χ1) is 11.5. The van der Waals surface area contributed by atoms with Gasteiger partial charge in [-0.15, -0.1) is 0 Å².